The van der Waals surface area contributed by atoms with Crippen LogP contribution in [0.15, 0.2) is 0 Å². The van der Waals surface area contributed by atoms with Crippen LogP contribution in [-0.2, 0) is 33.3 Å². The molecule has 6 N–H and O–H groups in total. The Morgan fingerprint density at radius 2 is 1.76 bits per heavy atom. The molecule has 0 saturated carbocycles. The summed E-state index contributed by atoms with van der Waals surface area (Å²) in [6, 6.07) is -0.717. The summed E-state index contributed by atoms with van der Waals surface area (Å²) < 4.78 is 31.6. The Morgan fingerprint density at radius 1 is 1.10 bits per heavy atom. The fraction of sp³-hybridized carbons (Fsp3) is 0.943. The number of amides is 2. The molecule has 14 nitrogen and oxygen atoms in total. The number of nitrogens with zero attached hydrogens (tertiary/aromatic N) is 2. The Kier molecular flexibility index (Phi) is 14.9. The van der Waals surface area contributed by atoms with Crippen LogP contribution in [0, 0.1) is 17.8 Å². The van der Waals surface area contributed by atoms with E-state index in [0.29, 0.717) is 19.5 Å². The lowest BCUT2D eigenvalue weighted by Crippen LogP contribution is -2.60. The summed E-state index contributed by atoms with van der Waals surface area (Å²) >= 11 is 0. The van der Waals surface area contributed by atoms with Gasteiger partial charge in [0.25, 0.3) is 0 Å². The molecule has 0 aromatic carbocycles. The first-order valence-corrected chi connectivity index (χ1v) is 17.9. The van der Waals surface area contributed by atoms with Gasteiger partial charge in [-0.2, -0.15) is 0 Å². The van der Waals surface area contributed by atoms with Gasteiger partial charge in [-0.1, -0.05) is 20.8 Å². The Morgan fingerprint density at radius 3 is 2.35 bits per heavy atom. The summed E-state index contributed by atoms with van der Waals surface area (Å²) in [5, 5.41) is 38.1. The zero-order valence-electron chi connectivity index (χ0n) is 31.6. The molecule has 14 heteroatoms. The van der Waals surface area contributed by atoms with Gasteiger partial charge in [-0.25, -0.2) is 0 Å². The van der Waals surface area contributed by atoms with Crippen LogP contribution in [0.3, 0.4) is 0 Å². The quantitative estimate of drug-likeness (QED) is 0.240. The van der Waals surface area contributed by atoms with Gasteiger partial charge in [-0.05, 0) is 66.5 Å². The molecule has 3 aliphatic rings. The van der Waals surface area contributed by atoms with Crippen LogP contribution in [0.25, 0.3) is 0 Å². The van der Waals surface area contributed by atoms with Gasteiger partial charge in [0.1, 0.15) is 12.2 Å². The van der Waals surface area contributed by atoms with Crippen molar-refractivity contribution in [1.82, 2.24) is 15.1 Å². The Labute approximate surface area is 293 Å². The maximum Gasteiger partial charge on any atom is 0.223 e. The van der Waals surface area contributed by atoms with Crippen molar-refractivity contribution in [3.05, 3.63) is 0 Å². The summed E-state index contributed by atoms with van der Waals surface area (Å²) in [6.45, 7) is 13.8. The molecule has 286 valence electrons. The van der Waals surface area contributed by atoms with Crippen LogP contribution in [0.1, 0.15) is 80.6 Å². The van der Waals surface area contributed by atoms with E-state index in [4.69, 9.17) is 29.4 Å². The smallest absolute Gasteiger partial charge is 0.223 e. The van der Waals surface area contributed by atoms with E-state index in [9.17, 15) is 24.9 Å². The van der Waals surface area contributed by atoms with Gasteiger partial charge in [-0.3, -0.25) is 9.59 Å². The number of aliphatic hydroxyl groups excluding tert-OH is 2. The molecule has 0 aromatic heterocycles. The van der Waals surface area contributed by atoms with Crippen molar-refractivity contribution in [2.45, 2.75) is 153 Å². The van der Waals surface area contributed by atoms with Crippen LogP contribution in [0.5, 0.6) is 0 Å². The van der Waals surface area contributed by atoms with Crippen LogP contribution in [0.2, 0.25) is 0 Å². The van der Waals surface area contributed by atoms with Gasteiger partial charge in [0.15, 0.2) is 12.6 Å². The van der Waals surface area contributed by atoms with Crippen LogP contribution in [0.4, 0.5) is 0 Å². The molecular weight excluding hydrogens is 636 g/mol. The second-order valence-corrected chi connectivity index (χ2v) is 15.9. The number of hydrogen-bond donors (Lipinski definition) is 5. The average molecular weight is 703 g/mol. The van der Waals surface area contributed by atoms with E-state index >= 15 is 0 Å². The molecule has 3 heterocycles. The summed E-state index contributed by atoms with van der Waals surface area (Å²) in [5.74, 6) is -1.58. The van der Waals surface area contributed by atoms with Crippen molar-refractivity contribution < 1.29 is 48.6 Å². The molecule has 15 atom stereocenters. The number of likely N-dealkylation sites (N-methyl/N-ethyl adjacent to an activating group) is 1. The van der Waals surface area contributed by atoms with E-state index in [1.807, 2.05) is 53.6 Å². The largest absolute Gasteiger partial charge is 0.387 e. The first kappa shape index (κ1) is 42.0. The molecule has 3 rings (SSSR count). The van der Waals surface area contributed by atoms with Crippen molar-refractivity contribution in [2.24, 2.45) is 23.5 Å². The number of carbonyl (C=O) groups excluding carboxylic acids is 2. The molecule has 49 heavy (non-hydrogen) atoms. The standard InChI is InChI=1S/C35H66N4O10/c1-19-15-34(6,44)32(49-33-29(42)25(38(8)9)12-21(3)46-33)22(4)30(48-28-16-35(7,45-11)31(43)23(5)47-28)20(2)17-37-24(13-26(36)40)14-27(41)39(10)18-19/h19-25,28-33,37,42-44H,12-18H2,1-11H3,(H2,36,40)/t19-,20+,21-,22+,23+,24-,25+,28+,29-,30-,31+,32-,33+,34-,35?/m1/s1. The van der Waals surface area contributed by atoms with E-state index in [0.717, 1.165) is 0 Å². The lowest BCUT2D eigenvalue weighted by atomic mass is 9.77. The fourth-order valence-corrected chi connectivity index (χ4v) is 8.10. The molecule has 3 aliphatic heterocycles. The number of carbonyl (C=O) groups is 2. The monoisotopic (exact) mass is 702 g/mol. The Balaban J connectivity index is 2.07. The van der Waals surface area contributed by atoms with Crippen molar-refractivity contribution in [3.63, 3.8) is 0 Å². The SMILES string of the molecule is COC1(C)C[C@H](O[C@H]2[C@H](C)[C@@H](O[C@@H]3O[C@H](C)C[C@H](N(C)C)[C@H]3O)[C@](C)(O)C[C@@H](C)CN(C)C(=O)C[C@@H](CC(N)=O)NC[C@@H]2C)O[C@@H](C)[C@@H]1O. The zero-order chi connectivity index (χ0) is 37.0. The highest BCUT2D eigenvalue weighted by atomic mass is 16.7. The van der Waals surface area contributed by atoms with Crippen molar-refractivity contribution in [3.8, 4) is 0 Å². The molecule has 0 spiro atoms. The van der Waals surface area contributed by atoms with E-state index < -0.39 is 72.2 Å². The zero-order valence-corrected chi connectivity index (χ0v) is 31.6. The number of aliphatic hydroxyl groups is 3. The number of methoxy groups -OCH3 is 1. The molecular formula is C35H66N4O10. The second-order valence-electron chi connectivity index (χ2n) is 15.9. The van der Waals surface area contributed by atoms with E-state index in [2.05, 4.69) is 5.32 Å². The lowest BCUT2D eigenvalue weighted by Gasteiger charge is -2.49. The highest BCUT2D eigenvalue weighted by Gasteiger charge is 2.50. The number of primary amides is 1. The minimum absolute atomic E-state index is 0.0150. The third-order valence-electron chi connectivity index (χ3n) is 10.9. The normalized spacial score (nSPS) is 45.2. The van der Waals surface area contributed by atoms with Gasteiger partial charge in [0.05, 0.1) is 35.6 Å². The van der Waals surface area contributed by atoms with Gasteiger partial charge < -0.3 is 59.9 Å². The number of hydrogen-bond acceptors (Lipinski definition) is 12. The molecule has 0 radical (unpaired) electrons. The molecule has 0 bridgehead atoms. The topological polar surface area (TPSA) is 186 Å². The minimum atomic E-state index is -1.45. The third kappa shape index (κ3) is 10.8. The summed E-state index contributed by atoms with van der Waals surface area (Å²) in [7, 11) is 7.08. The highest BCUT2D eigenvalue weighted by Crippen LogP contribution is 2.39. The number of nitrogens with one attached hydrogen (secondary N) is 1. The third-order valence-corrected chi connectivity index (χ3v) is 10.9. The highest BCUT2D eigenvalue weighted by molar-refractivity contribution is 5.79. The van der Waals surface area contributed by atoms with Crippen molar-refractivity contribution in [1.29, 1.82) is 0 Å². The number of rotatable bonds is 8. The number of nitrogens with two attached hydrogens (primary N) is 1. The first-order valence-electron chi connectivity index (χ1n) is 17.9. The van der Waals surface area contributed by atoms with E-state index in [1.165, 1.54) is 0 Å². The average Bonchev–Trinajstić information content (AvgIpc) is 2.99. The summed E-state index contributed by atoms with van der Waals surface area (Å²) in [5.41, 5.74) is 3.21. The molecule has 2 amide bonds. The van der Waals surface area contributed by atoms with Gasteiger partial charge in [0, 0.05) is 64.5 Å². The predicted molar refractivity (Wildman–Crippen MR) is 183 cm³/mol. The van der Waals surface area contributed by atoms with E-state index in [1.54, 1.807) is 32.9 Å². The lowest BCUT2D eigenvalue weighted by molar-refractivity contribution is -0.318. The van der Waals surface area contributed by atoms with Gasteiger partial charge in [-0.15, -0.1) is 0 Å². The molecule has 0 aromatic rings. The van der Waals surface area contributed by atoms with Gasteiger partial charge >= 0.3 is 0 Å². The second kappa shape index (κ2) is 17.4. The summed E-state index contributed by atoms with van der Waals surface area (Å²) in [4.78, 5) is 28.9. The number of ether oxygens (including phenoxy) is 5. The van der Waals surface area contributed by atoms with Crippen LogP contribution < -0.4 is 11.1 Å². The molecule has 0 aliphatic carbocycles. The molecule has 3 saturated heterocycles. The maximum atomic E-state index is 13.3. The maximum absolute atomic E-state index is 13.3. The predicted octanol–water partition coefficient (Wildman–Crippen LogP) is 0.829. The Hall–Kier alpha value is -1.46. The Bertz CT molecular complexity index is 1080. The van der Waals surface area contributed by atoms with E-state index in [-0.39, 0.29) is 55.6 Å². The fourth-order valence-electron chi connectivity index (χ4n) is 8.10. The van der Waals surface area contributed by atoms with Gasteiger partial charge in [0.2, 0.25) is 11.8 Å². The first-order chi connectivity index (χ1) is 22.7. The minimum Gasteiger partial charge on any atom is -0.387 e. The van der Waals surface area contributed by atoms with Crippen molar-refractivity contribution >= 4 is 11.8 Å². The van der Waals surface area contributed by atoms with Crippen LogP contribution >= 0.6 is 0 Å². The molecule has 3 fully saturated rings. The van der Waals surface area contributed by atoms with Crippen molar-refractivity contribution in [2.75, 3.05) is 41.3 Å². The van der Waals surface area contributed by atoms with Crippen LogP contribution in [-0.4, -0.2) is 151 Å². The molecule has 1 unspecified atom stereocenters. The summed E-state index contributed by atoms with van der Waals surface area (Å²) in [6.07, 6.45) is -4.77.